The van der Waals surface area contributed by atoms with E-state index in [0.29, 0.717) is 44.0 Å². The molecule has 1 aliphatic rings. The maximum Gasteiger partial charge on any atom is 0.400 e. The molecule has 0 radical (unpaired) electrons. The summed E-state index contributed by atoms with van der Waals surface area (Å²) < 4.78 is 16.2. The molecule has 5 rings (SSSR count). The lowest BCUT2D eigenvalue weighted by atomic mass is 9.90. The fourth-order valence-corrected chi connectivity index (χ4v) is 5.42. The lowest BCUT2D eigenvalue weighted by Gasteiger charge is -2.39. The molecule has 0 saturated carbocycles. The van der Waals surface area contributed by atoms with Gasteiger partial charge in [-0.2, -0.15) is 0 Å². The molecule has 1 fully saturated rings. The van der Waals surface area contributed by atoms with Gasteiger partial charge >= 0.3 is 5.97 Å². The highest BCUT2D eigenvalue weighted by atomic mass is 16.7. The first-order valence-corrected chi connectivity index (χ1v) is 16.2. The zero-order valence-electron chi connectivity index (χ0n) is 27.6. The van der Waals surface area contributed by atoms with Crippen molar-refractivity contribution in [2.24, 2.45) is 5.16 Å². The van der Waals surface area contributed by atoms with Crippen LogP contribution >= 0.6 is 0 Å². The van der Waals surface area contributed by atoms with Gasteiger partial charge in [-0.15, -0.1) is 0 Å². The van der Waals surface area contributed by atoms with Crippen molar-refractivity contribution in [2.45, 2.75) is 39.2 Å². The molecule has 0 unspecified atom stereocenters. The molecule has 0 bridgehead atoms. The fourth-order valence-electron chi connectivity index (χ4n) is 5.42. The Balaban J connectivity index is 1.38. The third kappa shape index (κ3) is 8.32. The highest BCUT2D eigenvalue weighted by molar-refractivity contribution is 6.46. The Hall–Kier alpha value is -4.90. The maximum absolute atomic E-state index is 13.6. The topological polar surface area (TPSA) is 111 Å². The number of Topliss-reactive ketones (excluding diaryl/α,β-unsaturated/α-hetero) is 2. The standard InChI is InChI=1S/C38H41N3O7/c1-4-5-23-46-27-33(39-48-37(44)34-12-9-24-47-34)35(42)28-13-17-31(18-14-28)41(30-10-7-6-8-11-30)32-19-15-29(16-20-32)36(43)38(2,3)40-21-25-45-26-22-40/h6-20,24H,4-5,21-23,25-27H2,1-3H3/b39-33+. The van der Waals surface area contributed by atoms with Gasteiger partial charge < -0.3 is 23.6 Å². The average molecular weight is 652 g/mol. The Morgan fingerprint density at radius 1 is 0.833 bits per heavy atom. The van der Waals surface area contributed by atoms with E-state index in [4.69, 9.17) is 18.7 Å². The number of hydrogen-bond donors (Lipinski definition) is 0. The summed E-state index contributed by atoms with van der Waals surface area (Å²) in [6, 6.07) is 27.5. The van der Waals surface area contributed by atoms with Gasteiger partial charge in [0.2, 0.25) is 11.5 Å². The second-order valence-electron chi connectivity index (χ2n) is 11.9. The van der Waals surface area contributed by atoms with Crippen molar-refractivity contribution in [3.05, 3.63) is 114 Å². The van der Waals surface area contributed by atoms with Gasteiger partial charge in [0, 0.05) is 47.9 Å². The Morgan fingerprint density at radius 2 is 1.46 bits per heavy atom. The number of carbonyl (C=O) groups is 3. The summed E-state index contributed by atoms with van der Waals surface area (Å²) in [6.45, 7) is 8.95. The predicted molar refractivity (Wildman–Crippen MR) is 184 cm³/mol. The van der Waals surface area contributed by atoms with Gasteiger partial charge in [-0.3, -0.25) is 14.5 Å². The van der Waals surface area contributed by atoms with Crippen molar-refractivity contribution in [1.29, 1.82) is 0 Å². The number of nitrogens with zero attached hydrogens (tertiary/aromatic N) is 3. The van der Waals surface area contributed by atoms with Crippen LogP contribution in [0.15, 0.2) is 107 Å². The molecule has 3 aromatic carbocycles. The molecule has 2 heterocycles. The lowest BCUT2D eigenvalue weighted by Crippen LogP contribution is -2.54. The van der Waals surface area contributed by atoms with Crippen molar-refractivity contribution >= 4 is 40.3 Å². The van der Waals surface area contributed by atoms with Gasteiger partial charge in [0.1, 0.15) is 0 Å². The van der Waals surface area contributed by atoms with Gasteiger partial charge in [-0.1, -0.05) is 36.7 Å². The summed E-state index contributed by atoms with van der Waals surface area (Å²) in [5.74, 6) is -1.22. The van der Waals surface area contributed by atoms with Crippen LogP contribution in [0.25, 0.3) is 0 Å². The smallest absolute Gasteiger partial charge is 0.400 e. The molecular formula is C38H41N3O7. The molecule has 0 spiro atoms. The van der Waals surface area contributed by atoms with Crippen molar-refractivity contribution < 1.29 is 33.1 Å². The van der Waals surface area contributed by atoms with Crippen LogP contribution in [0.2, 0.25) is 0 Å². The number of unbranched alkanes of at least 4 members (excludes halogenated alkanes) is 1. The van der Waals surface area contributed by atoms with Gasteiger partial charge in [0.25, 0.3) is 0 Å². The van der Waals surface area contributed by atoms with Crippen LogP contribution in [0.4, 0.5) is 17.1 Å². The minimum Gasteiger partial charge on any atom is -0.457 e. The fraction of sp³-hybridized carbons (Fsp3) is 0.316. The highest BCUT2D eigenvalue weighted by Crippen LogP contribution is 2.35. The van der Waals surface area contributed by atoms with E-state index < -0.39 is 17.3 Å². The van der Waals surface area contributed by atoms with Crippen molar-refractivity contribution in [3.63, 3.8) is 0 Å². The summed E-state index contributed by atoms with van der Waals surface area (Å²) in [4.78, 5) is 48.7. The molecule has 0 amide bonds. The number of carbonyl (C=O) groups excluding carboxylic acids is 3. The van der Waals surface area contributed by atoms with Gasteiger partial charge in [0.15, 0.2) is 11.5 Å². The molecule has 10 heteroatoms. The van der Waals surface area contributed by atoms with E-state index in [0.717, 1.165) is 29.9 Å². The zero-order valence-corrected chi connectivity index (χ0v) is 27.6. The SMILES string of the molecule is CCCCOC/C(=N\OC(=O)c1ccco1)C(=O)c1ccc(N(c2ccccc2)c2ccc(C(=O)C(C)(C)N3CCOCC3)cc2)cc1. The van der Waals surface area contributed by atoms with Crippen LogP contribution in [0.5, 0.6) is 0 Å². The molecule has 10 nitrogen and oxygen atoms in total. The van der Waals surface area contributed by atoms with Crippen LogP contribution < -0.4 is 4.90 Å². The highest BCUT2D eigenvalue weighted by Gasteiger charge is 2.36. The number of oxime groups is 1. The Kier molecular flexibility index (Phi) is 11.7. The van der Waals surface area contributed by atoms with Crippen LogP contribution in [0.3, 0.4) is 0 Å². The van der Waals surface area contributed by atoms with Crippen LogP contribution in [-0.4, -0.2) is 73.2 Å². The number of anilines is 3. The van der Waals surface area contributed by atoms with E-state index in [1.165, 1.54) is 12.3 Å². The number of hydrogen-bond acceptors (Lipinski definition) is 10. The monoisotopic (exact) mass is 651 g/mol. The Morgan fingerprint density at radius 3 is 2.06 bits per heavy atom. The van der Waals surface area contributed by atoms with Gasteiger partial charge in [0.05, 0.1) is 31.6 Å². The predicted octanol–water partition coefficient (Wildman–Crippen LogP) is 7.26. The van der Waals surface area contributed by atoms with Gasteiger partial charge in [-0.25, -0.2) is 4.79 Å². The van der Waals surface area contributed by atoms with E-state index in [1.54, 1.807) is 18.2 Å². The second kappa shape index (κ2) is 16.3. The van der Waals surface area contributed by atoms with E-state index in [-0.39, 0.29) is 23.9 Å². The molecule has 1 aromatic heterocycles. The van der Waals surface area contributed by atoms with Crippen LogP contribution in [0.1, 0.15) is 64.9 Å². The summed E-state index contributed by atoms with van der Waals surface area (Å²) in [7, 11) is 0. The molecular weight excluding hydrogens is 610 g/mol. The third-order valence-corrected chi connectivity index (χ3v) is 8.25. The van der Waals surface area contributed by atoms with E-state index in [9.17, 15) is 14.4 Å². The van der Waals surface area contributed by atoms with E-state index >= 15 is 0 Å². The molecule has 1 saturated heterocycles. The molecule has 48 heavy (non-hydrogen) atoms. The zero-order chi connectivity index (χ0) is 33.9. The maximum atomic E-state index is 13.6. The number of para-hydroxylation sites is 1. The molecule has 250 valence electrons. The third-order valence-electron chi connectivity index (χ3n) is 8.25. The largest absolute Gasteiger partial charge is 0.457 e. The molecule has 4 aromatic rings. The number of ether oxygens (including phenoxy) is 2. The average Bonchev–Trinajstić information content (AvgIpc) is 3.68. The number of furan rings is 1. The Bertz CT molecular complexity index is 1680. The van der Waals surface area contributed by atoms with Gasteiger partial charge in [-0.05, 0) is 93.1 Å². The van der Waals surface area contributed by atoms with Crippen molar-refractivity contribution in [2.75, 3.05) is 44.4 Å². The Labute approximate surface area is 280 Å². The number of ketones is 2. The van der Waals surface area contributed by atoms with Crippen molar-refractivity contribution in [1.82, 2.24) is 4.90 Å². The number of morpholine rings is 1. The summed E-state index contributed by atoms with van der Waals surface area (Å²) in [5, 5.41) is 3.86. The first-order valence-electron chi connectivity index (χ1n) is 16.2. The number of benzene rings is 3. The first-order chi connectivity index (χ1) is 23.3. The summed E-state index contributed by atoms with van der Waals surface area (Å²) >= 11 is 0. The molecule has 0 atom stereocenters. The minimum atomic E-state index is -0.815. The van der Waals surface area contributed by atoms with E-state index in [2.05, 4.69) is 10.1 Å². The normalized spacial score (nSPS) is 14.0. The summed E-state index contributed by atoms with van der Waals surface area (Å²) in [6.07, 6.45) is 3.10. The number of rotatable bonds is 15. The van der Waals surface area contributed by atoms with Crippen LogP contribution in [-0.2, 0) is 14.3 Å². The molecule has 0 N–H and O–H groups in total. The van der Waals surface area contributed by atoms with Crippen molar-refractivity contribution in [3.8, 4) is 0 Å². The van der Waals surface area contributed by atoms with E-state index in [1.807, 2.05) is 92.4 Å². The molecule has 1 aliphatic heterocycles. The minimum absolute atomic E-state index is 0.0268. The second-order valence-corrected chi connectivity index (χ2v) is 11.9. The first kappa shape index (κ1) is 34.4. The quantitative estimate of drug-likeness (QED) is 0.0431. The van der Waals surface area contributed by atoms with Crippen LogP contribution in [0, 0.1) is 0 Å². The molecule has 0 aliphatic carbocycles. The lowest BCUT2D eigenvalue weighted by molar-refractivity contribution is -0.00430. The summed E-state index contributed by atoms with van der Waals surface area (Å²) in [5.41, 5.74) is 2.83.